The van der Waals surface area contributed by atoms with E-state index in [0.29, 0.717) is 11.5 Å². The Balaban J connectivity index is 1.98. The SMILES string of the molecule is CC(C)NC(=O)COC(=O)c1c2c(nc3ccccc13)CC[C@@H](C(C)(C)C)C2. The Morgan fingerprint density at radius 2 is 1.96 bits per heavy atom. The lowest BCUT2D eigenvalue weighted by Gasteiger charge is -2.35. The number of ether oxygens (including phenoxy) is 1. The van der Waals surface area contributed by atoms with Gasteiger partial charge in [0, 0.05) is 17.1 Å². The molecule has 5 heteroatoms. The Morgan fingerprint density at radius 3 is 2.64 bits per heavy atom. The van der Waals surface area contributed by atoms with Gasteiger partial charge in [-0.15, -0.1) is 0 Å². The van der Waals surface area contributed by atoms with Crippen molar-refractivity contribution in [1.82, 2.24) is 10.3 Å². The summed E-state index contributed by atoms with van der Waals surface area (Å²) in [5.41, 5.74) is 3.50. The molecule has 1 amide bonds. The number of nitrogens with one attached hydrogen (secondary N) is 1. The number of rotatable bonds is 4. The van der Waals surface area contributed by atoms with Crippen LogP contribution < -0.4 is 5.32 Å². The summed E-state index contributed by atoms with van der Waals surface area (Å²) in [7, 11) is 0. The van der Waals surface area contributed by atoms with Gasteiger partial charge in [-0.2, -0.15) is 0 Å². The van der Waals surface area contributed by atoms with E-state index in [0.717, 1.165) is 41.4 Å². The van der Waals surface area contributed by atoms with Gasteiger partial charge in [0.25, 0.3) is 5.91 Å². The van der Waals surface area contributed by atoms with Crippen molar-refractivity contribution in [2.75, 3.05) is 6.61 Å². The molecule has 1 atom stereocenters. The summed E-state index contributed by atoms with van der Waals surface area (Å²) in [6, 6.07) is 7.67. The Hall–Kier alpha value is -2.43. The van der Waals surface area contributed by atoms with Crippen LogP contribution in [0.15, 0.2) is 24.3 Å². The van der Waals surface area contributed by atoms with E-state index in [4.69, 9.17) is 9.72 Å². The van der Waals surface area contributed by atoms with Crippen molar-refractivity contribution >= 4 is 22.8 Å². The quantitative estimate of drug-likeness (QED) is 0.810. The fourth-order valence-corrected chi connectivity index (χ4v) is 3.93. The molecule has 1 aromatic heterocycles. The lowest BCUT2D eigenvalue weighted by Crippen LogP contribution is -2.34. The fourth-order valence-electron chi connectivity index (χ4n) is 3.93. The highest BCUT2D eigenvalue weighted by Gasteiger charge is 2.33. The van der Waals surface area contributed by atoms with Crippen molar-refractivity contribution in [2.24, 2.45) is 11.3 Å². The molecular formula is C23H30N2O3. The average molecular weight is 383 g/mol. The highest BCUT2D eigenvalue weighted by atomic mass is 16.5. The standard InChI is InChI=1S/C23H30N2O3/c1-14(2)24-20(26)13-28-22(27)21-16-8-6-7-9-18(16)25-19-11-10-15(12-17(19)21)23(3,4)5/h6-9,14-15H,10-13H2,1-5H3,(H,24,26)/t15-/m1/s1. The molecule has 0 bridgehead atoms. The van der Waals surface area contributed by atoms with Gasteiger partial charge < -0.3 is 10.1 Å². The van der Waals surface area contributed by atoms with Crippen LogP contribution >= 0.6 is 0 Å². The van der Waals surface area contributed by atoms with Crippen molar-refractivity contribution in [3.63, 3.8) is 0 Å². The largest absolute Gasteiger partial charge is 0.452 e. The molecule has 0 saturated carbocycles. The van der Waals surface area contributed by atoms with Crippen molar-refractivity contribution in [2.45, 2.75) is 59.9 Å². The third-order valence-electron chi connectivity index (χ3n) is 5.47. The van der Waals surface area contributed by atoms with E-state index in [-0.39, 0.29) is 24.0 Å². The number of aromatic nitrogens is 1. The van der Waals surface area contributed by atoms with E-state index in [1.807, 2.05) is 38.1 Å². The first-order chi connectivity index (χ1) is 13.2. The molecule has 0 radical (unpaired) electrons. The summed E-state index contributed by atoms with van der Waals surface area (Å²) >= 11 is 0. The van der Waals surface area contributed by atoms with Crippen LogP contribution in [0.5, 0.6) is 0 Å². The summed E-state index contributed by atoms with van der Waals surface area (Å²) in [5.74, 6) is -0.259. The van der Waals surface area contributed by atoms with Crippen molar-refractivity contribution < 1.29 is 14.3 Å². The molecule has 0 unspecified atom stereocenters. The van der Waals surface area contributed by atoms with Gasteiger partial charge in [-0.3, -0.25) is 9.78 Å². The molecule has 0 aliphatic heterocycles. The molecule has 1 heterocycles. The number of hydrogen-bond donors (Lipinski definition) is 1. The zero-order valence-corrected chi connectivity index (χ0v) is 17.5. The molecule has 3 rings (SSSR count). The summed E-state index contributed by atoms with van der Waals surface area (Å²) in [4.78, 5) is 29.8. The van der Waals surface area contributed by atoms with Gasteiger partial charge in [-0.05, 0) is 56.1 Å². The van der Waals surface area contributed by atoms with E-state index in [1.54, 1.807) is 0 Å². The Bertz CT molecular complexity index is 897. The van der Waals surface area contributed by atoms with Gasteiger partial charge in [0.05, 0.1) is 11.1 Å². The summed E-state index contributed by atoms with van der Waals surface area (Å²) in [6.07, 6.45) is 2.72. The minimum atomic E-state index is -0.441. The van der Waals surface area contributed by atoms with Gasteiger partial charge in [-0.1, -0.05) is 39.0 Å². The van der Waals surface area contributed by atoms with Crippen LogP contribution in [0.2, 0.25) is 0 Å². The molecule has 0 saturated heterocycles. The van der Waals surface area contributed by atoms with Crippen LogP contribution in [0, 0.1) is 11.3 Å². The maximum absolute atomic E-state index is 13.0. The number of fused-ring (bicyclic) bond motifs is 2. The average Bonchev–Trinajstić information content (AvgIpc) is 2.62. The number of hydrogen-bond acceptors (Lipinski definition) is 4. The zero-order chi connectivity index (χ0) is 20.5. The van der Waals surface area contributed by atoms with Crippen LogP contribution in [0.25, 0.3) is 10.9 Å². The zero-order valence-electron chi connectivity index (χ0n) is 17.5. The Morgan fingerprint density at radius 1 is 1.25 bits per heavy atom. The summed E-state index contributed by atoms with van der Waals surface area (Å²) < 4.78 is 5.41. The predicted molar refractivity (Wildman–Crippen MR) is 110 cm³/mol. The van der Waals surface area contributed by atoms with E-state index in [9.17, 15) is 9.59 Å². The number of pyridine rings is 1. The highest BCUT2D eigenvalue weighted by molar-refractivity contribution is 6.05. The number of nitrogens with zero attached hydrogens (tertiary/aromatic N) is 1. The lowest BCUT2D eigenvalue weighted by molar-refractivity contribution is -0.124. The minimum absolute atomic E-state index is 0.00765. The normalized spacial score (nSPS) is 16.7. The molecule has 1 aliphatic carbocycles. The monoisotopic (exact) mass is 382 g/mol. The Labute approximate surface area is 166 Å². The fraction of sp³-hybridized carbons (Fsp3) is 0.522. The number of amides is 1. The third-order valence-corrected chi connectivity index (χ3v) is 5.47. The molecule has 5 nitrogen and oxygen atoms in total. The van der Waals surface area contributed by atoms with Gasteiger partial charge in [0.2, 0.25) is 0 Å². The number of esters is 1. The third kappa shape index (κ3) is 4.34. The molecule has 0 spiro atoms. The number of benzene rings is 1. The summed E-state index contributed by atoms with van der Waals surface area (Å²) in [6.45, 7) is 10.2. The summed E-state index contributed by atoms with van der Waals surface area (Å²) in [5, 5.41) is 3.54. The predicted octanol–water partition coefficient (Wildman–Crippen LogP) is 4.07. The molecule has 150 valence electrons. The minimum Gasteiger partial charge on any atom is -0.452 e. The van der Waals surface area contributed by atoms with Crippen LogP contribution in [0.3, 0.4) is 0 Å². The second-order valence-corrected chi connectivity index (χ2v) is 9.03. The molecule has 1 N–H and O–H groups in total. The van der Waals surface area contributed by atoms with E-state index in [2.05, 4.69) is 26.1 Å². The van der Waals surface area contributed by atoms with Gasteiger partial charge in [0.15, 0.2) is 6.61 Å². The van der Waals surface area contributed by atoms with E-state index < -0.39 is 5.97 Å². The second-order valence-electron chi connectivity index (χ2n) is 9.03. The first-order valence-corrected chi connectivity index (χ1v) is 10.0. The first kappa shape index (κ1) is 20.3. The maximum Gasteiger partial charge on any atom is 0.339 e. The van der Waals surface area contributed by atoms with Gasteiger partial charge in [-0.25, -0.2) is 4.79 Å². The first-order valence-electron chi connectivity index (χ1n) is 10.0. The maximum atomic E-state index is 13.0. The Kier molecular flexibility index (Phi) is 5.73. The molecule has 28 heavy (non-hydrogen) atoms. The van der Waals surface area contributed by atoms with Crippen LogP contribution in [0.4, 0.5) is 0 Å². The van der Waals surface area contributed by atoms with Crippen LogP contribution in [-0.2, 0) is 22.4 Å². The molecule has 0 fully saturated rings. The second kappa shape index (κ2) is 7.90. The van der Waals surface area contributed by atoms with Gasteiger partial charge >= 0.3 is 5.97 Å². The van der Waals surface area contributed by atoms with E-state index in [1.165, 1.54) is 0 Å². The van der Waals surface area contributed by atoms with E-state index >= 15 is 0 Å². The molecular weight excluding hydrogens is 352 g/mol. The number of carbonyl (C=O) groups excluding carboxylic acids is 2. The number of aryl methyl sites for hydroxylation is 1. The topological polar surface area (TPSA) is 68.3 Å². The molecule has 1 aromatic carbocycles. The van der Waals surface area contributed by atoms with Crippen molar-refractivity contribution in [1.29, 1.82) is 0 Å². The smallest absolute Gasteiger partial charge is 0.339 e. The lowest BCUT2D eigenvalue weighted by atomic mass is 9.70. The van der Waals surface area contributed by atoms with Gasteiger partial charge in [0.1, 0.15) is 0 Å². The highest BCUT2D eigenvalue weighted by Crippen LogP contribution is 2.39. The molecule has 2 aromatic rings. The van der Waals surface area contributed by atoms with Crippen molar-refractivity contribution in [3.05, 3.63) is 41.1 Å². The van der Waals surface area contributed by atoms with Crippen molar-refractivity contribution in [3.8, 4) is 0 Å². The van der Waals surface area contributed by atoms with Crippen LogP contribution in [0.1, 0.15) is 62.7 Å². The number of carbonyl (C=O) groups is 2. The van der Waals surface area contributed by atoms with Crippen LogP contribution in [-0.4, -0.2) is 29.5 Å². The molecule has 1 aliphatic rings. The number of para-hydroxylation sites is 1.